The Morgan fingerprint density at radius 3 is 2.61 bits per heavy atom. The summed E-state index contributed by atoms with van der Waals surface area (Å²) in [5, 5.41) is 0.917. The number of carbonyl (C=O) groups excluding carboxylic acids is 1. The maximum atomic E-state index is 12.2. The maximum absolute atomic E-state index is 12.2. The van der Waals surface area contributed by atoms with E-state index in [-0.39, 0.29) is 11.5 Å². The van der Waals surface area contributed by atoms with Crippen LogP contribution in [0.4, 0.5) is 5.69 Å². The number of rotatable bonds is 7. The summed E-state index contributed by atoms with van der Waals surface area (Å²) in [6, 6.07) is 13.7. The van der Waals surface area contributed by atoms with Gasteiger partial charge in [0.2, 0.25) is 5.91 Å². The topological polar surface area (TPSA) is 76.5 Å². The molecule has 5 nitrogen and oxygen atoms in total. The molecule has 1 aromatic heterocycles. The van der Waals surface area contributed by atoms with E-state index in [2.05, 4.69) is 12.1 Å². The van der Waals surface area contributed by atoms with Crippen LogP contribution >= 0.6 is 0 Å². The largest absolute Gasteiger partial charge is 0.423 e. The van der Waals surface area contributed by atoms with Crippen molar-refractivity contribution in [3.8, 4) is 11.1 Å². The summed E-state index contributed by atoms with van der Waals surface area (Å²) in [6.07, 6.45) is 2.85. The van der Waals surface area contributed by atoms with E-state index in [1.165, 1.54) is 0 Å². The first-order valence-electron chi connectivity index (χ1n) is 9.48. The first kappa shape index (κ1) is 19.7. The van der Waals surface area contributed by atoms with Crippen LogP contribution in [0.3, 0.4) is 0 Å². The average Bonchev–Trinajstić information content (AvgIpc) is 2.63. The van der Waals surface area contributed by atoms with Gasteiger partial charge in [-0.25, -0.2) is 4.79 Å². The van der Waals surface area contributed by atoms with Crippen LogP contribution in [0.15, 0.2) is 51.7 Å². The summed E-state index contributed by atoms with van der Waals surface area (Å²) >= 11 is 0. The van der Waals surface area contributed by atoms with Crippen molar-refractivity contribution in [2.45, 2.75) is 25.7 Å². The molecular formula is C22H25BN2O3. The van der Waals surface area contributed by atoms with Gasteiger partial charge < -0.3 is 15.1 Å². The third-order valence-corrected chi connectivity index (χ3v) is 4.87. The van der Waals surface area contributed by atoms with E-state index in [0.29, 0.717) is 12.0 Å². The molecule has 2 N–H and O–H groups in total. The number of nitrogens with two attached hydrogens (primary N) is 1. The van der Waals surface area contributed by atoms with E-state index in [4.69, 9.17) is 10.2 Å². The maximum Gasteiger partial charge on any atom is 0.336 e. The zero-order valence-corrected chi connectivity index (χ0v) is 16.6. The Labute approximate surface area is 165 Å². The van der Waals surface area contributed by atoms with Gasteiger partial charge in [-0.15, -0.1) is 0 Å². The van der Waals surface area contributed by atoms with Crippen molar-refractivity contribution in [3.63, 3.8) is 0 Å². The third kappa shape index (κ3) is 4.45. The fourth-order valence-electron chi connectivity index (χ4n) is 3.52. The van der Waals surface area contributed by atoms with Crippen LogP contribution in [0, 0.1) is 0 Å². The van der Waals surface area contributed by atoms with Crippen molar-refractivity contribution in [1.29, 1.82) is 0 Å². The lowest BCUT2D eigenvalue weighted by molar-refractivity contribution is -0.118. The van der Waals surface area contributed by atoms with Gasteiger partial charge in [0.1, 0.15) is 13.4 Å². The van der Waals surface area contributed by atoms with Gasteiger partial charge in [-0.3, -0.25) is 4.79 Å². The van der Waals surface area contributed by atoms with Crippen LogP contribution in [-0.4, -0.2) is 27.8 Å². The van der Waals surface area contributed by atoms with Crippen molar-refractivity contribution in [3.05, 3.63) is 58.4 Å². The monoisotopic (exact) mass is 376 g/mol. The van der Waals surface area contributed by atoms with Gasteiger partial charge >= 0.3 is 5.63 Å². The lowest BCUT2D eigenvalue weighted by Crippen LogP contribution is -2.12. The number of anilines is 1. The predicted molar refractivity (Wildman–Crippen MR) is 117 cm³/mol. The van der Waals surface area contributed by atoms with Crippen LogP contribution in [0.5, 0.6) is 0 Å². The predicted octanol–water partition coefficient (Wildman–Crippen LogP) is 1.98. The number of hydrogen-bond donors (Lipinski definition) is 1. The molecule has 0 aliphatic heterocycles. The number of aryl methyl sites for hydroxylation is 1. The minimum Gasteiger partial charge on any atom is -0.423 e. The number of primary amides is 1. The van der Waals surface area contributed by atoms with Gasteiger partial charge in [0.15, 0.2) is 0 Å². The average molecular weight is 376 g/mol. The van der Waals surface area contributed by atoms with E-state index in [0.717, 1.165) is 52.5 Å². The smallest absolute Gasteiger partial charge is 0.336 e. The fraction of sp³-hybridized carbons (Fsp3) is 0.273. The first-order chi connectivity index (χ1) is 13.3. The number of benzene rings is 2. The molecule has 3 rings (SSSR count). The van der Waals surface area contributed by atoms with Crippen molar-refractivity contribution in [2.75, 3.05) is 19.0 Å². The van der Waals surface area contributed by atoms with Gasteiger partial charge in [0.25, 0.3) is 0 Å². The van der Waals surface area contributed by atoms with E-state index in [1.54, 1.807) is 6.07 Å². The molecule has 6 heteroatoms. The first-order valence-corrected chi connectivity index (χ1v) is 9.48. The normalized spacial score (nSPS) is 10.9. The Hall–Kier alpha value is -3.02. The number of nitrogens with zero attached hydrogens (tertiary/aromatic N) is 1. The van der Waals surface area contributed by atoms with Gasteiger partial charge in [-0.1, -0.05) is 29.7 Å². The van der Waals surface area contributed by atoms with Crippen LogP contribution in [0.25, 0.3) is 22.1 Å². The second-order valence-corrected chi connectivity index (χ2v) is 7.39. The third-order valence-electron chi connectivity index (χ3n) is 4.87. The fourth-order valence-corrected chi connectivity index (χ4v) is 3.52. The summed E-state index contributed by atoms with van der Waals surface area (Å²) in [6.45, 7) is 0. The molecule has 144 valence electrons. The minimum absolute atomic E-state index is 0.269. The number of amides is 1. The molecule has 3 aromatic rings. The molecule has 0 saturated carbocycles. The molecule has 1 amide bonds. The highest BCUT2D eigenvalue weighted by atomic mass is 16.4. The van der Waals surface area contributed by atoms with Crippen LogP contribution < -0.4 is 21.7 Å². The standard InChI is InChI=1S/C22H25BN2O3/c1-25(2)19-13-20-18(11-15(19)6-3-4-9-21(24)26)17(12-22(27)28-20)14-7-5-8-16(23)10-14/h5,7-8,10-13H,3-4,6,9,23H2,1-2H3,(H2,24,26). The van der Waals surface area contributed by atoms with Crippen molar-refractivity contribution in [2.24, 2.45) is 5.73 Å². The molecule has 0 fully saturated rings. The molecule has 0 unspecified atom stereocenters. The lowest BCUT2D eigenvalue weighted by Gasteiger charge is -2.19. The highest BCUT2D eigenvalue weighted by Crippen LogP contribution is 2.32. The molecule has 0 radical (unpaired) electrons. The molecule has 0 aliphatic rings. The van der Waals surface area contributed by atoms with E-state index >= 15 is 0 Å². The van der Waals surface area contributed by atoms with Crippen molar-refractivity contribution >= 4 is 35.9 Å². The van der Waals surface area contributed by atoms with Crippen LogP contribution in [-0.2, 0) is 11.2 Å². The van der Waals surface area contributed by atoms with Crippen LogP contribution in [0.2, 0.25) is 0 Å². The SMILES string of the molecule is Bc1cccc(-c2cc(=O)oc3cc(N(C)C)c(CCCCC(N)=O)cc23)c1. The number of carbonyl (C=O) groups is 1. The zero-order chi connectivity index (χ0) is 20.3. The molecule has 0 saturated heterocycles. The minimum atomic E-state index is -0.358. The Balaban J connectivity index is 2.11. The summed E-state index contributed by atoms with van der Waals surface area (Å²) < 4.78 is 5.51. The number of hydrogen-bond acceptors (Lipinski definition) is 4. The van der Waals surface area contributed by atoms with E-state index in [9.17, 15) is 9.59 Å². The zero-order valence-electron chi connectivity index (χ0n) is 16.6. The Morgan fingerprint density at radius 2 is 1.93 bits per heavy atom. The highest BCUT2D eigenvalue weighted by Gasteiger charge is 2.14. The van der Waals surface area contributed by atoms with Gasteiger partial charge in [-0.05, 0) is 42.0 Å². The second-order valence-electron chi connectivity index (χ2n) is 7.39. The van der Waals surface area contributed by atoms with E-state index < -0.39 is 0 Å². The summed E-state index contributed by atoms with van der Waals surface area (Å²) in [5.41, 5.74) is 10.6. The molecule has 2 aromatic carbocycles. The van der Waals surface area contributed by atoms with Crippen molar-refractivity contribution < 1.29 is 9.21 Å². The quantitative estimate of drug-likeness (QED) is 0.389. The molecule has 0 spiro atoms. The summed E-state index contributed by atoms with van der Waals surface area (Å²) in [5.74, 6) is -0.269. The molecule has 0 aliphatic carbocycles. The summed E-state index contributed by atoms with van der Waals surface area (Å²) in [4.78, 5) is 25.2. The summed E-state index contributed by atoms with van der Waals surface area (Å²) in [7, 11) is 5.97. The Bertz CT molecular complexity index is 1070. The second kappa shape index (κ2) is 8.34. The lowest BCUT2D eigenvalue weighted by atomic mass is 9.91. The van der Waals surface area contributed by atoms with Gasteiger partial charge in [0, 0.05) is 43.7 Å². The Morgan fingerprint density at radius 1 is 1.14 bits per heavy atom. The molecule has 0 atom stereocenters. The highest BCUT2D eigenvalue weighted by molar-refractivity contribution is 6.32. The molecule has 28 heavy (non-hydrogen) atoms. The molecule has 1 heterocycles. The number of unbranched alkanes of at least 4 members (excludes halogenated alkanes) is 1. The van der Waals surface area contributed by atoms with E-state index in [1.807, 2.05) is 51.1 Å². The number of fused-ring (bicyclic) bond motifs is 1. The Kier molecular flexibility index (Phi) is 5.88. The van der Waals surface area contributed by atoms with Gasteiger partial charge in [0.05, 0.1) is 0 Å². The van der Waals surface area contributed by atoms with Crippen LogP contribution in [0.1, 0.15) is 24.8 Å². The van der Waals surface area contributed by atoms with Crippen molar-refractivity contribution in [1.82, 2.24) is 0 Å². The molecular weight excluding hydrogens is 351 g/mol. The molecule has 0 bridgehead atoms. The van der Waals surface area contributed by atoms with Gasteiger partial charge in [-0.2, -0.15) is 0 Å².